The second-order valence-electron chi connectivity index (χ2n) is 6.73. The van der Waals surface area contributed by atoms with E-state index < -0.39 is 9.84 Å². The molecule has 0 aromatic heterocycles. The van der Waals surface area contributed by atoms with Gasteiger partial charge >= 0.3 is 0 Å². The van der Waals surface area contributed by atoms with Crippen molar-refractivity contribution in [2.75, 3.05) is 19.8 Å². The van der Waals surface area contributed by atoms with Gasteiger partial charge in [0.2, 0.25) is 0 Å². The zero-order valence-corrected chi connectivity index (χ0v) is 19.4. The molecule has 1 atom stereocenters. The molecule has 0 saturated carbocycles. The normalized spacial score (nSPS) is 16.0. The van der Waals surface area contributed by atoms with Crippen molar-refractivity contribution < 1.29 is 13.2 Å². The average molecular weight is 515 g/mol. The summed E-state index contributed by atoms with van der Waals surface area (Å²) < 4.78 is 29.4. The number of guanidine groups is 1. The monoisotopic (exact) mass is 515 g/mol. The van der Waals surface area contributed by atoms with Gasteiger partial charge in [0.05, 0.1) is 11.4 Å². The minimum absolute atomic E-state index is 0. The number of rotatable bonds is 5. The Morgan fingerprint density at radius 1 is 1.21 bits per heavy atom. The first-order chi connectivity index (χ1) is 12.9. The second-order valence-corrected chi connectivity index (χ2v) is 8.71. The molecule has 28 heavy (non-hydrogen) atoms. The predicted molar refractivity (Wildman–Crippen MR) is 122 cm³/mol. The van der Waals surface area contributed by atoms with Crippen molar-refractivity contribution in [3.8, 4) is 5.75 Å². The molecule has 0 saturated heterocycles. The van der Waals surface area contributed by atoms with Crippen LogP contribution in [0.2, 0.25) is 0 Å². The maximum Gasteiger partial charge on any atom is 0.191 e. The van der Waals surface area contributed by atoms with Gasteiger partial charge in [0, 0.05) is 26.3 Å². The molecule has 0 bridgehead atoms. The van der Waals surface area contributed by atoms with E-state index in [0.717, 1.165) is 23.3 Å². The fraction of sp³-hybridized carbons (Fsp3) is 0.350. The van der Waals surface area contributed by atoms with Crippen LogP contribution in [-0.4, -0.2) is 40.3 Å². The minimum atomic E-state index is -3.20. The number of ether oxygens (including phenoxy) is 1. The van der Waals surface area contributed by atoms with E-state index in [4.69, 9.17) is 4.74 Å². The summed E-state index contributed by atoms with van der Waals surface area (Å²) in [5.74, 6) is 1.63. The number of hydrogen-bond acceptors (Lipinski definition) is 4. The number of nitrogens with zero attached hydrogens (tertiary/aromatic N) is 1. The molecule has 0 amide bonds. The molecule has 2 aromatic rings. The van der Waals surface area contributed by atoms with Gasteiger partial charge < -0.3 is 15.4 Å². The van der Waals surface area contributed by atoms with Gasteiger partial charge in [0.25, 0.3) is 0 Å². The second kappa shape index (κ2) is 9.60. The lowest BCUT2D eigenvalue weighted by Gasteiger charge is -2.16. The molecule has 0 radical (unpaired) electrons. The van der Waals surface area contributed by atoms with Crippen LogP contribution in [0.3, 0.4) is 0 Å². The molecule has 3 rings (SSSR count). The summed E-state index contributed by atoms with van der Waals surface area (Å²) >= 11 is 0. The van der Waals surface area contributed by atoms with Gasteiger partial charge in [0.15, 0.2) is 15.8 Å². The third-order valence-electron chi connectivity index (χ3n) is 4.53. The summed E-state index contributed by atoms with van der Waals surface area (Å²) in [6.45, 7) is 3.01. The quantitative estimate of drug-likeness (QED) is 0.364. The van der Waals surface area contributed by atoms with Crippen molar-refractivity contribution in [2.45, 2.75) is 30.9 Å². The van der Waals surface area contributed by atoms with Crippen molar-refractivity contribution in [2.24, 2.45) is 4.99 Å². The van der Waals surface area contributed by atoms with Crippen molar-refractivity contribution >= 4 is 39.8 Å². The molecule has 1 aliphatic rings. The van der Waals surface area contributed by atoms with Gasteiger partial charge in [-0.25, -0.2) is 8.42 Å². The van der Waals surface area contributed by atoms with Crippen LogP contribution >= 0.6 is 24.0 Å². The first-order valence-corrected chi connectivity index (χ1v) is 10.7. The molecule has 0 fully saturated rings. The van der Waals surface area contributed by atoms with Gasteiger partial charge in [-0.05, 0) is 35.7 Å². The highest BCUT2D eigenvalue weighted by Crippen LogP contribution is 2.27. The number of fused-ring (bicyclic) bond motifs is 1. The zero-order chi connectivity index (χ0) is 19.4. The van der Waals surface area contributed by atoms with E-state index in [-0.39, 0.29) is 30.1 Å². The zero-order valence-electron chi connectivity index (χ0n) is 16.2. The summed E-state index contributed by atoms with van der Waals surface area (Å²) in [6, 6.07) is 13.4. The largest absolute Gasteiger partial charge is 0.488 e. The SMILES string of the molecule is CN=C(NCc1ccc(S(C)(=O)=O)c(C)c1)NCC1Cc2ccccc2O1.I. The number of halogens is 1. The Morgan fingerprint density at radius 2 is 1.96 bits per heavy atom. The number of nitrogens with one attached hydrogen (secondary N) is 2. The van der Waals surface area contributed by atoms with Crippen LogP contribution < -0.4 is 15.4 Å². The minimum Gasteiger partial charge on any atom is -0.488 e. The smallest absolute Gasteiger partial charge is 0.191 e. The Hall–Kier alpha value is -1.81. The summed E-state index contributed by atoms with van der Waals surface area (Å²) in [5.41, 5.74) is 2.97. The topological polar surface area (TPSA) is 79.8 Å². The van der Waals surface area contributed by atoms with E-state index in [0.29, 0.717) is 23.9 Å². The summed E-state index contributed by atoms with van der Waals surface area (Å²) in [4.78, 5) is 4.60. The highest BCUT2D eigenvalue weighted by Gasteiger charge is 2.22. The number of aliphatic imine (C=N–C) groups is 1. The van der Waals surface area contributed by atoms with Crippen LogP contribution in [0.1, 0.15) is 16.7 Å². The van der Waals surface area contributed by atoms with E-state index in [9.17, 15) is 8.42 Å². The van der Waals surface area contributed by atoms with Gasteiger partial charge in [-0.2, -0.15) is 0 Å². The Labute approximate surface area is 183 Å². The van der Waals surface area contributed by atoms with Gasteiger partial charge in [-0.3, -0.25) is 4.99 Å². The standard InChI is InChI=1S/C20H25N3O3S.HI/c1-14-10-15(8-9-19(14)27(3,24)25)12-22-20(21-2)23-13-17-11-16-6-4-5-7-18(16)26-17;/h4-10,17H,11-13H2,1-3H3,(H2,21,22,23);1H. The van der Waals surface area contributed by atoms with Crippen molar-refractivity contribution in [3.63, 3.8) is 0 Å². The molecule has 1 aliphatic heterocycles. The molecule has 152 valence electrons. The Kier molecular flexibility index (Phi) is 7.70. The Bertz CT molecular complexity index is 936. The fourth-order valence-electron chi connectivity index (χ4n) is 3.22. The first-order valence-electron chi connectivity index (χ1n) is 8.85. The van der Waals surface area contributed by atoms with Crippen LogP contribution in [0.4, 0.5) is 0 Å². The van der Waals surface area contributed by atoms with E-state index in [2.05, 4.69) is 21.7 Å². The van der Waals surface area contributed by atoms with Crippen molar-refractivity contribution in [3.05, 3.63) is 59.2 Å². The van der Waals surface area contributed by atoms with Crippen molar-refractivity contribution in [1.82, 2.24) is 10.6 Å². The maximum atomic E-state index is 11.7. The molecule has 1 unspecified atom stereocenters. The van der Waals surface area contributed by atoms with Gasteiger partial charge in [0.1, 0.15) is 11.9 Å². The average Bonchev–Trinajstić information content (AvgIpc) is 3.03. The number of hydrogen-bond donors (Lipinski definition) is 2. The number of sulfone groups is 1. The highest BCUT2D eigenvalue weighted by molar-refractivity contribution is 14.0. The first kappa shape index (κ1) is 22.5. The molecule has 2 aromatic carbocycles. The lowest BCUT2D eigenvalue weighted by Crippen LogP contribution is -2.41. The summed E-state index contributed by atoms with van der Waals surface area (Å²) in [7, 11) is -1.48. The van der Waals surface area contributed by atoms with Crippen LogP contribution in [0.15, 0.2) is 52.4 Å². The van der Waals surface area contributed by atoms with Gasteiger partial charge in [-0.15, -0.1) is 24.0 Å². The van der Waals surface area contributed by atoms with Crippen LogP contribution in [-0.2, 0) is 22.8 Å². The molecule has 1 heterocycles. The number of benzene rings is 2. The van der Waals surface area contributed by atoms with Crippen LogP contribution in [0, 0.1) is 6.92 Å². The number of para-hydroxylation sites is 1. The molecule has 8 heteroatoms. The van der Waals surface area contributed by atoms with E-state index in [1.807, 2.05) is 37.3 Å². The van der Waals surface area contributed by atoms with E-state index in [1.165, 1.54) is 11.8 Å². The van der Waals surface area contributed by atoms with Crippen LogP contribution in [0.5, 0.6) is 5.75 Å². The van der Waals surface area contributed by atoms with E-state index in [1.54, 1.807) is 13.1 Å². The van der Waals surface area contributed by atoms with Gasteiger partial charge in [-0.1, -0.05) is 30.3 Å². The predicted octanol–water partition coefficient (Wildman–Crippen LogP) is 2.69. The molecular weight excluding hydrogens is 489 g/mol. The Morgan fingerprint density at radius 3 is 2.61 bits per heavy atom. The van der Waals surface area contributed by atoms with E-state index >= 15 is 0 Å². The maximum absolute atomic E-state index is 11.7. The lowest BCUT2D eigenvalue weighted by atomic mass is 10.1. The molecule has 0 aliphatic carbocycles. The number of aryl methyl sites for hydroxylation is 1. The van der Waals surface area contributed by atoms with Crippen molar-refractivity contribution in [1.29, 1.82) is 0 Å². The fourth-order valence-corrected chi connectivity index (χ4v) is 4.18. The molecular formula is C20H26IN3O3S. The lowest BCUT2D eigenvalue weighted by molar-refractivity contribution is 0.235. The van der Waals surface area contributed by atoms with Crippen LogP contribution in [0.25, 0.3) is 0 Å². The highest BCUT2D eigenvalue weighted by atomic mass is 127. The molecule has 0 spiro atoms. The molecule has 6 nitrogen and oxygen atoms in total. The molecule has 2 N–H and O–H groups in total. The Balaban J connectivity index is 0.00000280. The third-order valence-corrected chi connectivity index (χ3v) is 5.79. The third kappa shape index (κ3) is 5.60. The summed E-state index contributed by atoms with van der Waals surface area (Å²) in [5, 5.41) is 6.53. The summed E-state index contributed by atoms with van der Waals surface area (Å²) in [6.07, 6.45) is 2.19.